The van der Waals surface area contributed by atoms with Crippen molar-refractivity contribution in [2.75, 3.05) is 16.8 Å². The van der Waals surface area contributed by atoms with E-state index in [-0.39, 0.29) is 41.0 Å². The SMILES string of the molecule is O=C(COC(=O)c1cccc(N2C(=O)[C@H]3[C@H]4CC[C@@H](C4)[C@@H]3C2=O)c1)Nc1cc(Cl)ccc1Cl. The molecule has 2 aromatic rings. The summed E-state index contributed by atoms with van der Waals surface area (Å²) in [6.45, 7) is -0.541. The highest BCUT2D eigenvalue weighted by Gasteiger charge is 2.61. The molecule has 170 valence electrons. The molecule has 2 aromatic carbocycles. The topological polar surface area (TPSA) is 92.8 Å². The Bertz CT molecular complexity index is 1160. The van der Waals surface area contributed by atoms with Crippen LogP contribution < -0.4 is 10.2 Å². The standard InChI is InChI=1S/C24H20Cl2N2O5/c25-15-6-7-17(26)18(10-15)27-19(29)11-33-24(32)14-2-1-3-16(9-14)28-22(30)20-12-4-5-13(8-12)21(20)23(28)31/h1-3,6-7,9-10,12-13,20-21H,4-5,8,11H2,(H,27,29)/t12-,13-,20-,21-/m0/s1. The monoisotopic (exact) mass is 486 g/mol. The summed E-state index contributed by atoms with van der Waals surface area (Å²) in [7, 11) is 0. The Balaban J connectivity index is 1.25. The van der Waals surface area contributed by atoms with Crippen LogP contribution in [0, 0.1) is 23.7 Å². The zero-order chi connectivity index (χ0) is 23.3. The van der Waals surface area contributed by atoms with Gasteiger partial charge >= 0.3 is 5.97 Å². The van der Waals surface area contributed by atoms with E-state index in [1.807, 2.05) is 0 Å². The molecule has 2 bridgehead atoms. The number of hydrogen-bond donors (Lipinski definition) is 1. The lowest BCUT2D eigenvalue weighted by atomic mass is 9.81. The van der Waals surface area contributed by atoms with Crippen molar-refractivity contribution >= 4 is 58.3 Å². The number of amides is 3. The summed E-state index contributed by atoms with van der Waals surface area (Å²) in [4.78, 5) is 52.0. The van der Waals surface area contributed by atoms with Gasteiger partial charge in [0.25, 0.3) is 5.91 Å². The van der Waals surface area contributed by atoms with Crippen LogP contribution in [0.1, 0.15) is 29.6 Å². The van der Waals surface area contributed by atoms with E-state index in [1.54, 1.807) is 18.2 Å². The van der Waals surface area contributed by atoms with Crippen molar-refractivity contribution in [2.24, 2.45) is 23.7 Å². The van der Waals surface area contributed by atoms with Gasteiger partial charge in [-0.3, -0.25) is 19.3 Å². The summed E-state index contributed by atoms with van der Waals surface area (Å²) >= 11 is 11.9. The maximum Gasteiger partial charge on any atom is 0.338 e. The second-order valence-corrected chi connectivity index (χ2v) is 9.54. The smallest absolute Gasteiger partial charge is 0.338 e. The van der Waals surface area contributed by atoms with Crippen LogP contribution in [0.3, 0.4) is 0 Å². The number of rotatable bonds is 5. The number of benzene rings is 2. The molecule has 9 heteroatoms. The van der Waals surface area contributed by atoms with E-state index in [0.29, 0.717) is 21.4 Å². The van der Waals surface area contributed by atoms with Crippen molar-refractivity contribution in [2.45, 2.75) is 19.3 Å². The van der Waals surface area contributed by atoms with Gasteiger partial charge in [-0.05, 0) is 67.5 Å². The Morgan fingerprint density at radius 3 is 2.39 bits per heavy atom. The molecule has 3 fully saturated rings. The number of esters is 1. The molecule has 1 heterocycles. The van der Waals surface area contributed by atoms with Crippen LogP contribution in [0.15, 0.2) is 42.5 Å². The number of ether oxygens (including phenoxy) is 1. The maximum absolute atomic E-state index is 13.0. The normalized spacial score (nSPS) is 25.3. The molecular weight excluding hydrogens is 467 g/mol. The molecule has 0 radical (unpaired) electrons. The quantitative estimate of drug-likeness (QED) is 0.501. The minimum absolute atomic E-state index is 0.140. The first-order valence-corrected chi connectivity index (χ1v) is 11.5. The summed E-state index contributed by atoms with van der Waals surface area (Å²) in [6, 6.07) is 10.8. The third-order valence-corrected chi connectivity index (χ3v) is 7.37. The van der Waals surface area contributed by atoms with Crippen molar-refractivity contribution in [1.29, 1.82) is 0 Å². The van der Waals surface area contributed by atoms with Gasteiger partial charge in [0.15, 0.2) is 6.61 Å². The highest BCUT2D eigenvalue weighted by molar-refractivity contribution is 6.35. The number of hydrogen-bond acceptors (Lipinski definition) is 5. The maximum atomic E-state index is 13.0. The largest absolute Gasteiger partial charge is 0.452 e. The average Bonchev–Trinajstić information content (AvgIpc) is 3.48. The number of anilines is 2. The fourth-order valence-electron chi connectivity index (χ4n) is 5.43. The average molecular weight is 487 g/mol. The Labute approximate surface area is 200 Å². The first kappa shape index (κ1) is 21.9. The number of nitrogens with zero attached hydrogens (tertiary/aromatic N) is 1. The lowest BCUT2D eigenvalue weighted by Crippen LogP contribution is -2.32. The molecular formula is C24H20Cl2N2O5. The van der Waals surface area contributed by atoms with Crippen molar-refractivity contribution in [1.82, 2.24) is 0 Å². The zero-order valence-electron chi connectivity index (χ0n) is 17.4. The Kier molecular flexibility index (Phi) is 5.62. The van der Waals surface area contributed by atoms with Gasteiger partial charge in [0, 0.05) is 5.02 Å². The van der Waals surface area contributed by atoms with E-state index >= 15 is 0 Å². The van der Waals surface area contributed by atoms with Crippen molar-refractivity contribution < 1.29 is 23.9 Å². The summed E-state index contributed by atoms with van der Waals surface area (Å²) < 4.78 is 5.11. The first-order chi connectivity index (χ1) is 15.8. The summed E-state index contributed by atoms with van der Waals surface area (Å²) in [5.41, 5.74) is 0.794. The predicted octanol–water partition coefficient (Wildman–Crippen LogP) is 4.32. The molecule has 5 rings (SSSR count). The summed E-state index contributed by atoms with van der Waals surface area (Å²) in [5.74, 6) is -1.62. The molecule has 1 N–H and O–H groups in total. The minimum atomic E-state index is -0.747. The summed E-state index contributed by atoms with van der Waals surface area (Å²) in [6.07, 6.45) is 2.94. The predicted molar refractivity (Wildman–Crippen MR) is 122 cm³/mol. The number of imide groups is 1. The zero-order valence-corrected chi connectivity index (χ0v) is 18.9. The number of halogens is 2. The third kappa shape index (κ3) is 3.89. The third-order valence-electron chi connectivity index (χ3n) is 6.80. The van der Waals surface area contributed by atoms with Crippen LogP contribution in [0.2, 0.25) is 10.0 Å². The van der Waals surface area contributed by atoms with E-state index in [2.05, 4.69) is 5.32 Å². The molecule has 1 aliphatic heterocycles. The van der Waals surface area contributed by atoms with E-state index in [1.165, 1.54) is 29.2 Å². The molecule has 0 aromatic heterocycles. The Hall–Kier alpha value is -2.90. The van der Waals surface area contributed by atoms with Crippen LogP contribution in [-0.4, -0.2) is 30.3 Å². The molecule has 0 unspecified atom stereocenters. The number of carbonyl (C=O) groups is 4. The number of fused-ring (bicyclic) bond motifs is 5. The van der Waals surface area contributed by atoms with Crippen LogP contribution in [0.5, 0.6) is 0 Å². The van der Waals surface area contributed by atoms with Gasteiger partial charge in [-0.1, -0.05) is 29.3 Å². The highest BCUT2D eigenvalue weighted by atomic mass is 35.5. The van der Waals surface area contributed by atoms with E-state index < -0.39 is 18.5 Å². The van der Waals surface area contributed by atoms with E-state index in [4.69, 9.17) is 27.9 Å². The van der Waals surface area contributed by atoms with Crippen molar-refractivity contribution in [3.8, 4) is 0 Å². The van der Waals surface area contributed by atoms with Gasteiger partial charge in [0.1, 0.15) is 0 Å². The molecule has 0 spiro atoms. The molecule has 3 aliphatic rings. The van der Waals surface area contributed by atoms with Crippen LogP contribution in [0.4, 0.5) is 11.4 Å². The Morgan fingerprint density at radius 1 is 1.00 bits per heavy atom. The second-order valence-electron chi connectivity index (χ2n) is 8.70. The fourth-order valence-corrected chi connectivity index (χ4v) is 5.77. The number of nitrogens with one attached hydrogen (secondary N) is 1. The second kappa shape index (κ2) is 8.47. The van der Waals surface area contributed by atoms with Crippen LogP contribution >= 0.6 is 23.2 Å². The summed E-state index contributed by atoms with van der Waals surface area (Å²) in [5, 5.41) is 3.22. The highest BCUT2D eigenvalue weighted by Crippen LogP contribution is 2.56. The van der Waals surface area contributed by atoms with Crippen LogP contribution in [0.25, 0.3) is 0 Å². The molecule has 2 saturated carbocycles. The van der Waals surface area contributed by atoms with Crippen molar-refractivity contribution in [3.05, 3.63) is 58.1 Å². The van der Waals surface area contributed by atoms with E-state index in [0.717, 1.165) is 19.3 Å². The van der Waals surface area contributed by atoms with Gasteiger partial charge < -0.3 is 10.1 Å². The van der Waals surface area contributed by atoms with Gasteiger partial charge in [-0.15, -0.1) is 0 Å². The van der Waals surface area contributed by atoms with E-state index in [9.17, 15) is 19.2 Å². The van der Waals surface area contributed by atoms with Gasteiger partial charge in [0.2, 0.25) is 11.8 Å². The first-order valence-electron chi connectivity index (χ1n) is 10.7. The Morgan fingerprint density at radius 2 is 1.70 bits per heavy atom. The number of carbonyl (C=O) groups excluding carboxylic acids is 4. The lowest BCUT2D eigenvalue weighted by Gasteiger charge is -2.19. The van der Waals surface area contributed by atoms with Crippen molar-refractivity contribution in [3.63, 3.8) is 0 Å². The van der Waals surface area contributed by atoms with Gasteiger partial charge in [-0.25, -0.2) is 4.79 Å². The molecule has 3 amide bonds. The molecule has 7 nitrogen and oxygen atoms in total. The minimum Gasteiger partial charge on any atom is -0.452 e. The molecule has 33 heavy (non-hydrogen) atoms. The molecule has 4 atom stereocenters. The molecule has 1 saturated heterocycles. The lowest BCUT2D eigenvalue weighted by molar-refractivity contribution is -0.123. The molecule has 2 aliphatic carbocycles. The fraction of sp³-hybridized carbons (Fsp3) is 0.333. The van der Waals surface area contributed by atoms with Crippen LogP contribution in [-0.2, 0) is 19.1 Å². The van der Waals surface area contributed by atoms with Gasteiger partial charge in [-0.2, -0.15) is 0 Å². The van der Waals surface area contributed by atoms with Gasteiger partial charge in [0.05, 0.1) is 33.8 Å².